The van der Waals surface area contributed by atoms with Crippen LogP contribution >= 0.6 is 0 Å². The average molecular weight is 509 g/mol. The molecule has 9 nitrogen and oxygen atoms in total. The quantitative estimate of drug-likeness (QED) is 0.501. The fourth-order valence-corrected chi connectivity index (χ4v) is 5.38. The fraction of sp³-hybridized carbons (Fsp3) is 0.407. The summed E-state index contributed by atoms with van der Waals surface area (Å²) in [5.41, 5.74) is 0.888. The molecular weight excluding hydrogens is 479 g/mol. The molecule has 2 aliphatic heterocycles. The van der Waals surface area contributed by atoms with Crippen molar-refractivity contribution in [3.05, 3.63) is 63.7 Å². The summed E-state index contributed by atoms with van der Waals surface area (Å²) in [4.78, 5) is 28.8. The van der Waals surface area contributed by atoms with Gasteiger partial charge in [-0.2, -0.15) is 0 Å². The Hall–Kier alpha value is -3.79. The zero-order valence-corrected chi connectivity index (χ0v) is 20.6. The highest BCUT2D eigenvalue weighted by atomic mass is 19.1. The molecule has 0 amide bonds. The van der Waals surface area contributed by atoms with Gasteiger partial charge in [0.15, 0.2) is 11.6 Å². The topological polar surface area (TPSA) is 100 Å². The molecule has 37 heavy (non-hydrogen) atoms. The van der Waals surface area contributed by atoms with E-state index in [2.05, 4.69) is 10.2 Å². The Morgan fingerprint density at radius 3 is 2.68 bits per heavy atom. The van der Waals surface area contributed by atoms with Gasteiger partial charge in [-0.05, 0) is 37.5 Å². The molecular formula is C27H29FN4O5. The van der Waals surface area contributed by atoms with E-state index in [4.69, 9.17) is 9.15 Å². The van der Waals surface area contributed by atoms with Crippen molar-refractivity contribution in [3.8, 4) is 5.75 Å². The summed E-state index contributed by atoms with van der Waals surface area (Å²) in [6, 6.07) is 5.26. The number of fused-ring (bicyclic) bond motifs is 1. The molecule has 0 atom stereocenters. The van der Waals surface area contributed by atoms with Crippen LogP contribution in [0.1, 0.15) is 47.2 Å². The van der Waals surface area contributed by atoms with Crippen molar-refractivity contribution in [1.82, 2.24) is 14.8 Å². The van der Waals surface area contributed by atoms with Crippen molar-refractivity contribution < 1.29 is 23.4 Å². The highest BCUT2D eigenvalue weighted by molar-refractivity contribution is 5.97. The van der Waals surface area contributed by atoms with Gasteiger partial charge in [0.1, 0.15) is 22.8 Å². The molecule has 4 heterocycles. The second-order valence-corrected chi connectivity index (χ2v) is 9.85. The summed E-state index contributed by atoms with van der Waals surface area (Å²) < 4.78 is 29.1. The molecule has 3 aromatic rings. The van der Waals surface area contributed by atoms with Crippen molar-refractivity contribution >= 4 is 28.1 Å². The number of anilines is 1. The summed E-state index contributed by atoms with van der Waals surface area (Å²) in [5, 5.41) is 12.8. The zero-order valence-electron chi connectivity index (χ0n) is 20.6. The maximum Gasteiger partial charge on any atom is 0.341 e. The number of hydrogen-bond acceptors (Lipinski definition) is 7. The molecule has 0 spiro atoms. The van der Waals surface area contributed by atoms with Crippen molar-refractivity contribution in [1.29, 1.82) is 0 Å². The van der Waals surface area contributed by atoms with Crippen molar-refractivity contribution in [2.24, 2.45) is 0 Å². The normalized spacial score (nSPS) is 18.2. The number of nitrogens with zero attached hydrogens (tertiary/aromatic N) is 3. The molecule has 194 valence electrons. The number of carboxylic acid groups (broad SMARTS) is 1. The minimum atomic E-state index is -1.32. The lowest BCUT2D eigenvalue weighted by Gasteiger charge is -2.36. The van der Waals surface area contributed by atoms with Crippen LogP contribution in [-0.2, 0) is 6.54 Å². The van der Waals surface area contributed by atoms with Gasteiger partial charge in [0.2, 0.25) is 5.43 Å². The number of hydrogen-bond donors (Lipinski definition) is 2. The number of ether oxygens (including phenoxy) is 1. The van der Waals surface area contributed by atoms with E-state index in [0.717, 1.165) is 37.3 Å². The predicted octanol–water partition coefficient (Wildman–Crippen LogP) is 3.43. The molecule has 2 aromatic heterocycles. The Morgan fingerprint density at radius 2 is 2.03 bits per heavy atom. The minimum absolute atomic E-state index is 0.0322. The summed E-state index contributed by atoms with van der Waals surface area (Å²) in [5.74, 6) is 0.163. The average Bonchev–Trinajstić information content (AvgIpc) is 3.38. The standard InChI is InChI=1S/C27H29FN4O5/c1-36-26-23-19(25(33)20(27(34)35)15-32(23)17-2-3-17)12-21(28)24(26)31-10-8-30(9-11-31)14-18-4-5-22(37-18)16-6-7-29-13-16/h4-5,12-13,15,17,29H,2-3,6-11,14H2,1H3,(H,34,35). The first kappa shape index (κ1) is 23.6. The number of carbonyl (C=O) groups is 1. The Balaban J connectivity index is 1.27. The summed E-state index contributed by atoms with van der Waals surface area (Å²) in [6.45, 7) is 4.15. The summed E-state index contributed by atoms with van der Waals surface area (Å²) >= 11 is 0. The third kappa shape index (κ3) is 4.25. The highest BCUT2D eigenvalue weighted by Gasteiger charge is 2.32. The second kappa shape index (κ2) is 9.26. The van der Waals surface area contributed by atoms with Crippen molar-refractivity contribution in [2.75, 3.05) is 44.7 Å². The fourth-order valence-electron chi connectivity index (χ4n) is 5.38. The number of carboxylic acids is 1. The van der Waals surface area contributed by atoms with Crippen molar-refractivity contribution in [2.45, 2.75) is 31.8 Å². The Labute approximate surface area is 212 Å². The van der Waals surface area contributed by atoms with Gasteiger partial charge in [0.25, 0.3) is 0 Å². The molecule has 2 fully saturated rings. The third-order valence-corrected chi connectivity index (χ3v) is 7.43. The Kier molecular flexibility index (Phi) is 5.91. The smallest absolute Gasteiger partial charge is 0.341 e. The van der Waals surface area contributed by atoms with Gasteiger partial charge in [-0.25, -0.2) is 9.18 Å². The molecule has 3 aliphatic rings. The molecule has 0 bridgehead atoms. The van der Waals surface area contributed by atoms with Gasteiger partial charge in [-0.1, -0.05) is 0 Å². The summed E-state index contributed by atoms with van der Waals surface area (Å²) in [6.07, 6.45) is 6.07. The van der Waals surface area contributed by atoms with Crippen LogP contribution in [0.4, 0.5) is 10.1 Å². The Morgan fingerprint density at radius 1 is 1.24 bits per heavy atom. The summed E-state index contributed by atoms with van der Waals surface area (Å²) in [7, 11) is 1.46. The number of aromatic carboxylic acids is 1. The van der Waals surface area contributed by atoms with E-state index in [-0.39, 0.29) is 22.7 Å². The molecule has 0 radical (unpaired) electrons. The largest absolute Gasteiger partial charge is 0.492 e. The SMILES string of the molecule is COc1c(N2CCN(Cc3ccc(C4=CNCC4)o3)CC2)c(F)cc2c(=O)c(C(=O)O)cn(C3CC3)c12. The molecule has 1 aromatic carbocycles. The maximum atomic E-state index is 15.6. The number of benzene rings is 1. The number of piperazine rings is 1. The van der Waals surface area contributed by atoms with Crippen LogP contribution in [0.3, 0.4) is 0 Å². The van der Waals surface area contributed by atoms with Crippen LogP contribution in [0.2, 0.25) is 0 Å². The molecule has 1 aliphatic carbocycles. The van der Waals surface area contributed by atoms with E-state index in [1.165, 1.54) is 24.9 Å². The third-order valence-electron chi connectivity index (χ3n) is 7.43. The van der Waals surface area contributed by atoms with Gasteiger partial charge in [0.05, 0.1) is 24.6 Å². The van der Waals surface area contributed by atoms with E-state index in [0.29, 0.717) is 43.9 Å². The van der Waals surface area contributed by atoms with E-state index >= 15 is 4.39 Å². The monoisotopic (exact) mass is 508 g/mol. The number of nitrogens with one attached hydrogen (secondary N) is 1. The van der Waals surface area contributed by atoms with Gasteiger partial charge in [-0.15, -0.1) is 0 Å². The number of aromatic nitrogens is 1. The highest BCUT2D eigenvalue weighted by Crippen LogP contribution is 2.43. The van der Waals surface area contributed by atoms with Crippen LogP contribution < -0.4 is 20.4 Å². The van der Waals surface area contributed by atoms with Crippen LogP contribution in [0.5, 0.6) is 5.75 Å². The van der Waals surface area contributed by atoms with Gasteiger partial charge >= 0.3 is 5.97 Å². The van der Waals surface area contributed by atoms with Crippen LogP contribution in [-0.4, -0.2) is 60.4 Å². The number of pyridine rings is 1. The second-order valence-electron chi connectivity index (χ2n) is 9.85. The zero-order chi connectivity index (χ0) is 25.7. The lowest BCUT2D eigenvalue weighted by molar-refractivity contribution is 0.0694. The van der Waals surface area contributed by atoms with Gasteiger partial charge in [-0.3, -0.25) is 9.69 Å². The van der Waals surface area contributed by atoms with Crippen molar-refractivity contribution in [3.63, 3.8) is 0 Å². The molecule has 1 saturated heterocycles. The molecule has 0 unspecified atom stereocenters. The number of halogens is 1. The van der Waals surface area contributed by atoms with Gasteiger partial charge < -0.3 is 29.0 Å². The maximum absolute atomic E-state index is 15.6. The van der Waals surface area contributed by atoms with Crippen LogP contribution in [0.15, 0.2) is 39.8 Å². The molecule has 6 rings (SSSR count). The first-order chi connectivity index (χ1) is 17.9. The first-order valence-corrected chi connectivity index (χ1v) is 12.6. The molecule has 1 saturated carbocycles. The molecule has 2 N–H and O–H groups in total. The van der Waals surface area contributed by atoms with E-state index in [9.17, 15) is 14.7 Å². The van der Waals surface area contributed by atoms with Crippen LogP contribution in [0, 0.1) is 5.82 Å². The number of methoxy groups -OCH3 is 1. The van der Waals surface area contributed by atoms with E-state index < -0.39 is 17.2 Å². The van der Waals surface area contributed by atoms with E-state index in [1.807, 2.05) is 23.2 Å². The lowest BCUT2D eigenvalue weighted by Crippen LogP contribution is -2.46. The first-order valence-electron chi connectivity index (χ1n) is 12.6. The predicted molar refractivity (Wildman–Crippen MR) is 137 cm³/mol. The lowest BCUT2D eigenvalue weighted by atomic mass is 10.1. The Bertz CT molecular complexity index is 1460. The van der Waals surface area contributed by atoms with E-state index in [1.54, 1.807) is 4.57 Å². The van der Waals surface area contributed by atoms with Gasteiger partial charge in [0, 0.05) is 56.7 Å². The molecule has 10 heteroatoms. The van der Waals surface area contributed by atoms with Crippen LogP contribution in [0.25, 0.3) is 16.5 Å². The minimum Gasteiger partial charge on any atom is -0.492 e. The number of rotatable bonds is 7. The number of furan rings is 1.